The summed E-state index contributed by atoms with van der Waals surface area (Å²) in [5, 5.41) is 12.8. The third-order valence-electron chi connectivity index (χ3n) is 3.90. The van der Waals surface area contributed by atoms with Crippen molar-refractivity contribution in [2.24, 2.45) is 5.92 Å². The first-order valence-corrected chi connectivity index (χ1v) is 6.91. The van der Waals surface area contributed by atoms with Gasteiger partial charge in [-0.25, -0.2) is 4.79 Å². The van der Waals surface area contributed by atoms with Crippen LogP contribution in [0.1, 0.15) is 35.2 Å². The predicted molar refractivity (Wildman–Crippen MR) is 78.8 cm³/mol. The molecule has 0 bridgehead atoms. The summed E-state index contributed by atoms with van der Waals surface area (Å²) in [6.07, 6.45) is 2.58. The van der Waals surface area contributed by atoms with Gasteiger partial charge in [0.05, 0.1) is 18.8 Å². The molecule has 1 aliphatic carbocycles. The Morgan fingerprint density at radius 2 is 2.25 bits per heavy atom. The molecule has 0 saturated heterocycles. The number of nitrogens with one attached hydrogen (secondary N) is 1. The van der Waals surface area contributed by atoms with Gasteiger partial charge in [-0.1, -0.05) is 0 Å². The molecule has 2 atom stereocenters. The lowest BCUT2D eigenvalue weighted by Crippen LogP contribution is -2.14. The number of methoxy groups -OCH3 is 1. The lowest BCUT2D eigenvalue weighted by Gasteiger charge is -2.15. The largest absolute Gasteiger partial charge is 0.465 e. The maximum Gasteiger partial charge on any atom is 0.340 e. The Hall–Kier alpha value is -1.75. The molecule has 5 nitrogen and oxygen atoms in total. The van der Waals surface area contributed by atoms with Crippen LogP contribution >= 0.6 is 0 Å². The van der Waals surface area contributed by atoms with E-state index in [0.29, 0.717) is 17.2 Å². The first kappa shape index (κ1) is 14.7. The highest BCUT2D eigenvalue weighted by atomic mass is 16.5. The fraction of sp³-hybridized carbons (Fsp3) is 0.533. The Balaban J connectivity index is 2.08. The number of benzene rings is 1. The van der Waals surface area contributed by atoms with Gasteiger partial charge in [-0.3, -0.25) is 0 Å². The van der Waals surface area contributed by atoms with Crippen molar-refractivity contribution < 1.29 is 14.6 Å². The van der Waals surface area contributed by atoms with E-state index in [1.165, 1.54) is 7.11 Å². The summed E-state index contributed by atoms with van der Waals surface area (Å²) in [5.74, 6) is 0.0509. The van der Waals surface area contributed by atoms with Crippen molar-refractivity contribution in [2.45, 2.75) is 32.3 Å². The highest BCUT2D eigenvalue weighted by molar-refractivity contribution is 5.97. The first-order chi connectivity index (χ1) is 9.51. The van der Waals surface area contributed by atoms with Gasteiger partial charge in [-0.2, -0.15) is 0 Å². The Morgan fingerprint density at radius 1 is 1.50 bits per heavy atom. The molecule has 0 amide bonds. The van der Waals surface area contributed by atoms with Crippen LogP contribution in [0.25, 0.3) is 0 Å². The number of carbonyl (C=O) groups excluding carboxylic acids is 1. The van der Waals surface area contributed by atoms with E-state index in [1.54, 1.807) is 6.07 Å². The minimum Gasteiger partial charge on any atom is -0.465 e. The fourth-order valence-electron chi connectivity index (χ4n) is 2.68. The van der Waals surface area contributed by atoms with Gasteiger partial charge in [-0.15, -0.1) is 0 Å². The minimum absolute atomic E-state index is 0.166. The first-order valence-electron chi connectivity index (χ1n) is 6.91. The molecule has 0 heterocycles. The van der Waals surface area contributed by atoms with Crippen molar-refractivity contribution >= 4 is 17.3 Å². The third kappa shape index (κ3) is 3.22. The summed E-state index contributed by atoms with van der Waals surface area (Å²) in [6, 6.07) is 3.65. The highest BCUT2D eigenvalue weighted by Crippen LogP contribution is 2.27. The van der Waals surface area contributed by atoms with Crippen LogP contribution in [-0.2, 0) is 4.74 Å². The monoisotopic (exact) mass is 278 g/mol. The van der Waals surface area contributed by atoms with Gasteiger partial charge in [0.15, 0.2) is 0 Å². The van der Waals surface area contributed by atoms with Gasteiger partial charge in [0.25, 0.3) is 0 Å². The molecular formula is C15H22N2O3. The quantitative estimate of drug-likeness (QED) is 0.579. The topological polar surface area (TPSA) is 84.6 Å². The van der Waals surface area contributed by atoms with E-state index in [0.717, 1.165) is 37.1 Å². The summed E-state index contributed by atoms with van der Waals surface area (Å²) in [4.78, 5) is 11.7. The zero-order valence-corrected chi connectivity index (χ0v) is 12.0. The van der Waals surface area contributed by atoms with Crippen LogP contribution < -0.4 is 11.1 Å². The number of esters is 1. The van der Waals surface area contributed by atoms with E-state index >= 15 is 0 Å². The van der Waals surface area contributed by atoms with Crippen LogP contribution in [-0.4, -0.2) is 30.8 Å². The van der Waals surface area contributed by atoms with Crippen LogP contribution in [0, 0.1) is 12.8 Å². The number of rotatable bonds is 4. The number of aryl methyl sites for hydroxylation is 1. The van der Waals surface area contributed by atoms with Gasteiger partial charge in [0.2, 0.25) is 0 Å². The van der Waals surface area contributed by atoms with E-state index in [2.05, 4.69) is 5.32 Å². The second kappa shape index (κ2) is 6.13. The normalized spacial score (nSPS) is 21.8. The molecule has 0 aliphatic heterocycles. The average Bonchev–Trinajstić information content (AvgIpc) is 2.85. The van der Waals surface area contributed by atoms with Crippen LogP contribution in [0.5, 0.6) is 0 Å². The van der Waals surface area contributed by atoms with Crippen LogP contribution in [0.2, 0.25) is 0 Å². The van der Waals surface area contributed by atoms with E-state index in [9.17, 15) is 9.90 Å². The molecule has 1 aliphatic rings. The van der Waals surface area contributed by atoms with Gasteiger partial charge < -0.3 is 20.9 Å². The standard InChI is InChI=1S/C15H22N2O3/c1-9-5-11(7-13(14(9)16)15(19)20-2)17-8-10-3-4-12(18)6-10/h5,7,10,12,17-18H,3-4,6,8,16H2,1-2H3. The van der Waals surface area contributed by atoms with Crippen LogP contribution in [0.3, 0.4) is 0 Å². The molecular weight excluding hydrogens is 256 g/mol. The average molecular weight is 278 g/mol. The number of anilines is 2. The van der Waals surface area contributed by atoms with Gasteiger partial charge >= 0.3 is 5.97 Å². The van der Waals surface area contributed by atoms with Gasteiger partial charge in [0.1, 0.15) is 0 Å². The number of hydrogen-bond acceptors (Lipinski definition) is 5. The third-order valence-corrected chi connectivity index (χ3v) is 3.90. The molecule has 1 saturated carbocycles. The Labute approximate surface area is 119 Å². The maximum absolute atomic E-state index is 11.7. The van der Waals surface area contributed by atoms with E-state index in [4.69, 9.17) is 10.5 Å². The molecule has 4 N–H and O–H groups in total. The summed E-state index contributed by atoms with van der Waals surface area (Å²) in [6.45, 7) is 2.66. The number of aliphatic hydroxyl groups is 1. The van der Waals surface area contributed by atoms with Crippen LogP contribution in [0.15, 0.2) is 12.1 Å². The van der Waals surface area contributed by atoms with E-state index < -0.39 is 5.97 Å². The van der Waals surface area contributed by atoms with Crippen LogP contribution in [0.4, 0.5) is 11.4 Å². The van der Waals surface area contributed by atoms with Crippen molar-refractivity contribution in [3.8, 4) is 0 Å². The van der Waals surface area contributed by atoms with Crippen molar-refractivity contribution in [1.82, 2.24) is 0 Å². The number of nitrogens with two attached hydrogens (primary N) is 1. The Morgan fingerprint density at radius 3 is 2.85 bits per heavy atom. The molecule has 110 valence electrons. The summed E-state index contributed by atoms with van der Waals surface area (Å²) in [7, 11) is 1.34. The summed E-state index contributed by atoms with van der Waals surface area (Å²) < 4.78 is 4.74. The molecule has 0 radical (unpaired) electrons. The molecule has 1 fully saturated rings. The molecule has 2 rings (SSSR count). The van der Waals surface area contributed by atoms with E-state index in [-0.39, 0.29) is 6.10 Å². The molecule has 20 heavy (non-hydrogen) atoms. The lowest BCUT2D eigenvalue weighted by atomic mass is 10.1. The molecule has 0 spiro atoms. The van der Waals surface area contributed by atoms with Crippen molar-refractivity contribution in [2.75, 3.05) is 24.7 Å². The van der Waals surface area contributed by atoms with Gasteiger partial charge in [0, 0.05) is 17.9 Å². The predicted octanol–water partition coefficient (Wildman–Crippen LogP) is 1.94. The molecule has 1 aromatic rings. The number of carbonyl (C=O) groups is 1. The van der Waals surface area contributed by atoms with Crippen molar-refractivity contribution in [3.63, 3.8) is 0 Å². The van der Waals surface area contributed by atoms with Crippen molar-refractivity contribution in [3.05, 3.63) is 23.3 Å². The minimum atomic E-state index is -0.425. The molecule has 0 aromatic heterocycles. The van der Waals surface area contributed by atoms with Gasteiger partial charge in [-0.05, 0) is 49.8 Å². The molecule has 5 heteroatoms. The zero-order chi connectivity index (χ0) is 14.7. The maximum atomic E-state index is 11.7. The second-order valence-corrected chi connectivity index (χ2v) is 5.46. The second-order valence-electron chi connectivity index (χ2n) is 5.46. The number of hydrogen-bond donors (Lipinski definition) is 3. The molecule has 2 unspecified atom stereocenters. The Kier molecular flexibility index (Phi) is 4.49. The number of ether oxygens (including phenoxy) is 1. The fourth-order valence-corrected chi connectivity index (χ4v) is 2.68. The highest BCUT2D eigenvalue weighted by Gasteiger charge is 2.22. The summed E-state index contributed by atoms with van der Waals surface area (Å²) in [5.41, 5.74) is 8.46. The van der Waals surface area contributed by atoms with E-state index in [1.807, 2.05) is 13.0 Å². The smallest absolute Gasteiger partial charge is 0.340 e. The number of aliphatic hydroxyl groups excluding tert-OH is 1. The summed E-state index contributed by atoms with van der Waals surface area (Å²) >= 11 is 0. The lowest BCUT2D eigenvalue weighted by molar-refractivity contribution is 0.0602. The molecule has 1 aromatic carbocycles. The number of nitrogen functional groups attached to an aromatic ring is 1. The van der Waals surface area contributed by atoms with Crippen molar-refractivity contribution in [1.29, 1.82) is 0 Å². The SMILES string of the molecule is COC(=O)c1cc(NCC2CCC(O)C2)cc(C)c1N. The zero-order valence-electron chi connectivity index (χ0n) is 12.0. The Bertz CT molecular complexity index is 502.